The molecule has 0 spiro atoms. The predicted octanol–water partition coefficient (Wildman–Crippen LogP) is 2.37. The van der Waals surface area contributed by atoms with E-state index >= 15 is 0 Å². The van der Waals surface area contributed by atoms with Gasteiger partial charge >= 0.3 is 5.97 Å². The van der Waals surface area contributed by atoms with Gasteiger partial charge in [0.05, 0.1) is 7.11 Å². The second-order valence-electron chi connectivity index (χ2n) is 6.58. The van der Waals surface area contributed by atoms with Crippen LogP contribution >= 0.6 is 0 Å². The van der Waals surface area contributed by atoms with E-state index in [1.807, 2.05) is 13.8 Å². The fourth-order valence-corrected chi connectivity index (χ4v) is 2.57. The zero-order valence-corrected chi connectivity index (χ0v) is 12.8. The summed E-state index contributed by atoms with van der Waals surface area (Å²) >= 11 is 0. The minimum absolute atomic E-state index is 0.0562. The van der Waals surface area contributed by atoms with Gasteiger partial charge in [0.25, 0.3) is 0 Å². The maximum atomic E-state index is 12.1. The van der Waals surface area contributed by atoms with E-state index in [4.69, 9.17) is 4.74 Å². The minimum atomic E-state index is -0.706. The lowest BCUT2D eigenvalue weighted by Crippen LogP contribution is -2.45. The molecule has 19 heavy (non-hydrogen) atoms. The molecule has 1 amide bonds. The Labute approximate surface area is 116 Å². The van der Waals surface area contributed by atoms with Crippen molar-refractivity contribution in [2.24, 2.45) is 23.2 Å². The molecule has 0 aliphatic heterocycles. The molecule has 4 nitrogen and oxygen atoms in total. The second kappa shape index (κ2) is 6.40. The largest absolute Gasteiger partial charge is 0.468 e. The summed E-state index contributed by atoms with van der Waals surface area (Å²) < 4.78 is 4.71. The number of carbonyl (C=O) groups is 2. The van der Waals surface area contributed by atoms with Crippen molar-refractivity contribution in [3.05, 3.63) is 0 Å². The molecule has 1 N–H and O–H groups in total. The Morgan fingerprint density at radius 2 is 1.89 bits per heavy atom. The van der Waals surface area contributed by atoms with Crippen molar-refractivity contribution in [3.8, 4) is 0 Å². The Morgan fingerprint density at radius 3 is 2.26 bits per heavy atom. The Kier molecular flexibility index (Phi) is 5.39. The summed E-state index contributed by atoms with van der Waals surface area (Å²) in [6.45, 7) is 8.70. The topological polar surface area (TPSA) is 55.4 Å². The molecule has 4 heteroatoms. The van der Waals surface area contributed by atoms with Crippen LogP contribution in [0, 0.1) is 23.2 Å². The van der Waals surface area contributed by atoms with Crippen LogP contribution < -0.4 is 5.32 Å². The van der Waals surface area contributed by atoms with E-state index in [9.17, 15) is 9.59 Å². The average Bonchev–Trinajstić information content (AvgIpc) is 2.22. The van der Waals surface area contributed by atoms with Gasteiger partial charge in [-0.05, 0) is 30.1 Å². The highest BCUT2D eigenvalue weighted by atomic mass is 16.5. The third-order valence-corrected chi connectivity index (χ3v) is 4.33. The smallest absolute Gasteiger partial charge is 0.318 e. The van der Waals surface area contributed by atoms with Crippen LogP contribution in [0.5, 0.6) is 0 Å². The zero-order chi connectivity index (χ0) is 14.6. The van der Waals surface area contributed by atoms with E-state index in [1.54, 1.807) is 0 Å². The maximum absolute atomic E-state index is 12.1. The summed E-state index contributed by atoms with van der Waals surface area (Å²) in [5.74, 6) is -0.743. The Bertz CT molecular complexity index is 332. The summed E-state index contributed by atoms with van der Waals surface area (Å²) in [6, 6.07) is 0. The van der Waals surface area contributed by atoms with Gasteiger partial charge in [0.15, 0.2) is 0 Å². The van der Waals surface area contributed by atoms with Crippen LogP contribution in [-0.2, 0) is 14.3 Å². The van der Waals surface area contributed by atoms with Crippen molar-refractivity contribution in [1.82, 2.24) is 5.32 Å². The van der Waals surface area contributed by atoms with Crippen LogP contribution in [0.15, 0.2) is 0 Å². The minimum Gasteiger partial charge on any atom is -0.468 e. The molecule has 1 unspecified atom stereocenters. The zero-order valence-electron chi connectivity index (χ0n) is 12.8. The van der Waals surface area contributed by atoms with E-state index < -0.39 is 11.9 Å². The molecule has 0 aromatic rings. The number of nitrogens with one attached hydrogen (secondary N) is 1. The Balaban J connectivity index is 2.54. The van der Waals surface area contributed by atoms with Gasteiger partial charge in [-0.3, -0.25) is 9.59 Å². The SMILES string of the molecule is COC(=O)C(C(=O)NCC(C)(C)C1CCC1)C(C)C. The number of esters is 1. The van der Waals surface area contributed by atoms with Gasteiger partial charge in [-0.15, -0.1) is 0 Å². The van der Waals surface area contributed by atoms with Crippen molar-refractivity contribution in [3.63, 3.8) is 0 Å². The second-order valence-corrected chi connectivity index (χ2v) is 6.58. The van der Waals surface area contributed by atoms with E-state index in [0.29, 0.717) is 12.5 Å². The Morgan fingerprint density at radius 1 is 1.32 bits per heavy atom. The van der Waals surface area contributed by atoms with Crippen molar-refractivity contribution in [2.75, 3.05) is 13.7 Å². The van der Waals surface area contributed by atoms with Crippen molar-refractivity contribution in [1.29, 1.82) is 0 Å². The normalized spacial score (nSPS) is 17.8. The van der Waals surface area contributed by atoms with Crippen molar-refractivity contribution >= 4 is 11.9 Å². The van der Waals surface area contributed by atoms with Crippen molar-refractivity contribution < 1.29 is 14.3 Å². The lowest BCUT2D eigenvalue weighted by Gasteiger charge is -2.40. The molecule has 0 radical (unpaired) electrons. The summed E-state index contributed by atoms with van der Waals surface area (Å²) in [6.07, 6.45) is 3.78. The lowest BCUT2D eigenvalue weighted by atomic mass is 9.67. The molecular formula is C15H27NO3. The van der Waals surface area contributed by atoms with Gasteiger partial charge in [0.2, 0.25) is 5.91 Å². The first-order chi connectivity index (χ1) is 8.79. The first-order valence-electron chi connectivity index (χ1n) is 7.15. The van der Waals surface area contributed by atoms with E-state index in [0.717, 1.165) is 0 Å². The van der Waals surface area contributed by atoms with Gasteiger partial charge in [-0.25, -0.2) is 0 Å². The molecular weight excluding hydrogens is 242 g/mol. The Hall–Kier alpha value is -1.06. The van der Waals surface area contributed by atoms with E-state index in [1.165, 1.54) is 26.4 Å². The third-order valence-electron chi connectivity index (χ3n) is 4.33. The van der Waals surface area contributed by atoms with Gasteiger partial charge in [-0.1, -0.05) is 34.1 Å². The van der Waals surface area contributed by atoms with E-state index in [-0.39, 0.29) is 17.2 Å². The molecule has 1 aliphatic carbocycles. The number of hydrogen-bond donors (Lipinski definition) is 1. The highest BCUT2D eigenvalue weighted by molar-refractivity contribution is 5.98. The van der Waals surface area contributed by atoms with Crippen LogP contribution in [0.2, 0.25) is 0 Å². The molecule has 0 saturated heterocycles. The number of ether oxygens (including phenoxy) is 1. The number of rotatable bonds is 6. The van der Waals surface area contributed by atoms with Gasteiger partial charge in [-0.2, -0.15) is 0 Å². The van der Waals surface area contributed by atoms with Crippen LogP contribution in [0.4, 0.5) is 0 Å². The molecule has 1 saturated carbocycles. The third kappa shape index (κ3) is 3.95. The fourth-order valence-electron chi connectivity index (χ4n) is 2.57. The van der Waals surface area contributed by atoms with Gasteiger partial charge in [0.1, 0.15) is 5.92 Å². The predicted molar refractivity (Wildman–Crippen MR) is 74.5 cm³/mol. The van der Waals surface area contributed by atoms with E-state index in [2.05, 4.69) is 19.2 Å². The highest BCUT2D eigenvalue weighted by Crippen LogP contribution is 2.41. The highest BCUT2D eigenvalue weighted by Gasteiger charge is 2.36. The monoisotopic (exact) mass is 269 g/mol. The number of carbonyl (C=O) groups excluding carboxylic acids is 2. The molecule has 1 rings (SSSR count). The standard InChI is InChI=1S/C15H27NO3/c1-10(2)12(14(18)19-5)13(17)16-9-15(3,4)11-7-6-8-11/h10-12H,6-9H2,1-5H3,(H,16,17). The number of methoxy groups -OCH3 is 1. The average molecular weight is 269 g/mol. The molecule has 1 fully saturated rings. The first kappa shape index (κ1) is 16.0. The van der Waals surface area contributed by atoms with Crippen LogP contribution in [0.1, 0.15) is 47.0 Å². The van der Waals surface area contributed by atoms with Crippen LogP contribution in [0.25, 0.3) is 0 Å². The number of amides is 1. The molecule has 0 bridgehead atoms. The first-order valence-corrected chi connectivity index (χ1v) is 7.15. The van der Waals surface area contributed by atoms with Crippen LogP contribution in [-0.4, -0.2) is 25.5 Å². The molecule has 1 aliphatic rings. The molecule has 110 valence electrons. The summed E-state index contributed by atoms with van der Waals surface area (Å²) in [5.41, 5.74) is 0.103. The van der Waals surface area contributed by atoms with Gasteiger partial charge < -0.3 is 10.1 Å². The molecule has 1 atom stereocenters. The fraction of sp³-hybridized carbons (Fsp3) is 0.867. The number of hydrogen-bond acceptors (Lipinski definition) is 3. The van der Waals surface area contributed by atoms with Crippen LogP contribution in [0.3, 0.4) is 0 Å². The van der Waals surface area contributed by atoms with Crippen molar-refractivity contribution in [2.45, 2.75) is 47.0 Å². The summed E-state index contributed by atoms with van der Waals surface area (Å²) in [7, 11) is 1.32. The lowest BCUT2D eigenvalue weighted by molar-refractivity contribution is -0.152. The van der Waals surface area contributed by atoms with Gasteiger partial charge in [0, 0.05) is 6.54 Å². The summed E-state index contributed by atoms with van der Waals surface area (Å²) in [5, 5.41) is 2.93. The molecule has 0 aromatic carbocycles. The molecule has 0 aromatic heterocycles. The molecule has 0 heterocycles. The quantitative estimate of drug-likeness (QED) is 0.595. The maximum Gasteiger partial charge on any atom is 0.318 e. The summed E-state index contributed by atoms with van der Waals surface area (Å²) in [4.78, 5) is 23.8.